The van der Waals surface area contributed by atoms with Gasteiger partial charge < -0.3 is 20.6 Å². The van der Waals surface area contributed by atoms with E-state index < -0.39 is 6.09 Å². The average Bonchev–Trinajstić information content (AvgIpc) is 2.71. The number of rotatable bonds is 6. The van der Waals surface area contributed by atoms with E-state index in [1.165, 1.54) is 0 Å². The Balaban J connectivity index is 1.63. The van der Waals surface area contributed by atoms with Gasteiger partial charge in [-0.1, -0.05) is 41.9 Å². The van der Waals surface area contributed by atoms with Gasteiger partial charge in [-0.05, 0) is 18.4 Å². The zero-order valence-electron chi connectivity index (χ0n) is 15.4. The Labute approximate surface area is 168 Å². The summed E-state index contributed by atoms with van der Waals surface area (Å²) in [5, 5.41) is 14.2. The molecule has 148 valence electrons. The van der Waals surface area contributed by atoms with Gasteiger partial charge in [0.15, 0.2) is 0 Å². The number of halogens is 1. The Hall–Kier alpha value is -2.80. The van der Waals surface area contributed by atoms with E-state index in [4.69, 9.17) is 16.7 Å². The van der Waals surface area contributed by atoms with Crippen LogP contribution in [0.1, 0.15) is 12.8 Å². The number of anilines is 1. The van der Waals surface area contributed by atoms with Crippen LogP contribution in [0.4, 0.5) is 10.5 Å². The first-order valence-electron chi connectivity index (χ1n) is 9.24. The highest BCUT2D eigenvalue weighted by Gasteiger charge is 2.27. The molecule has 1 aromatic heterocycles. The summed E-state index contributed by atoms with van der Waals surface area (Å²) in [6, 6.07) is 9.99. The molecular formula is C20H23ClN4O3. The van der Waals surface area contributed by atoms with Crippen molar-refractivity contribution in [3.63, 3.8) is 0 Å². The topological polar surface area (TPSA) is 94.6 Å². The second kappa shape index (κ2) is 9.41. The van der Waals surface area contributed by atoms with Gasteiger partial charge in [0.1, 0.15) is 0 Å². The maximum Gasteiger partial charge on any atom is 0.404 e. The van der Waals surface area contributed by atoms with Crippen LogP contribution in [0.25, 0.3) is 11.1 Å². The highest BCUT2D eigenvalue weighted by atomic mass is 35.5. The molecule has 3 N–H and O–H groups in total. The van der Waals surface area contributed by atoms with Gasteiger partial charge in [-0.15, -0.1) is 0 Å². The quantitative estimate of drug-likeness (QED) is 0.646. The van der Waals surface area contributed by atoms with Crippen molar-refractivity contribution in [3.05, 3.63) is 47.7 Å². The summed E-state index contributed by atoms with van der Waals surface area (Å²) >= 11 is 6.48. The molecule has 2 aromatic rings. The number of nitrogens with zero attached hydrogens (tertiary/aromatic N) is 2. The molecule has 0 atom stereocenters. The number of benzene rings is 1. The molecule has 3 rings (SSSR count). The van der Waals surface area contributed by atoms with Crippen LogP contribution >= 0.6 is 11.6 Å². The SMILES string of the molecule is O=C(O)NCCNC(=O)C1CCN(c2c(Cl)cncc2-c2ccccc2)CC1. The van der Waals surface area contributed by atoms with Crippen LogP contribution < -0.4 is 15.5 Å². The molecule has 2 amide bonds. The number of amides is 2. The molecule has 0 saturated carbocycles. The number of aromatic nitrogens is 1. The molecule has 0 aliphatic carbocycles. The van der Waals surface area contributed by atoms with Crippen molar-refractivity contribution in [1.82, 2.24) is 15.6 Å². The number of nitrogens with one attached hydrogen (secondary N) is 2. The normalized spacial score (nSPS) is 14.5. The van der Waals surface area contributed by atoms with Crippen LogP contribution in [-0.2, 0) is 4.79 Å². The van der Waals surface area contributed by atoms with Crippen LogP contribution in [0.5, 0.6) is 0 Å². The Bertz CT molecular complexity index is 823. The highest BCUT2D eigenvalue weighted by Crippen LogP contribution is 2.37. The van der Waals surface area contributed by atoms with Crippen molar-refractivity contribution in [1.29, 1.82) is 0 Å². The van der Waals surface area contributed by atoms with E-state index in [2.05, 4.69) is 20.5 Å². The molecule has 1 aliphatic heterocycles. The Morgan fingerprint density at radius 1 is 1.11 bits per heavy atom. The second-order valence-corrected chi connectivity index (χ2v) is 7.07. The van der Waals surface area contributed by atoms with Crippen LogP contribution in [0.15, 0.2) is 42.7 Å². The lowest BCUT2D eigenvalue weighted by molar-refractivity contribution is -0.125. The lowest BCUT2D eigenvalue weighted by Crippen LogP contribution is -2.42. The summed E-state index contributed by atoms with van der Waals surface area (Å²) in [5.74, 6) is -0.113. The fraction of sp³-hybridized carbons (Fsp3) is 0.350. The largest absolute Gasteiger partial charge is 0.465 e. The third-order valence-corrected chi connectivity index (χ3v) is 5.12. The first kappa shape index (κ1) is 19.9. The fourth-order valence-electron chi connectivity index (χ4n) is 3.44. The lowest BCUT2D eigenvalue weighted by Gasteiger charge is -2.34. The minimum Gasteiger partial charge on any atom is -0.465 e. The minimum absolute atomic E-state index is 0.0315. The molecule has 1 saturated heterocycles. The minimum atomic E-state index is -1.09. The number of carbonyl (C=O) groups excluding carboxylic acids is 1. The van der Waals surface area contributed by atoms with Crippen molar-refractivity contribution in [3.8, 4) is 11.1 Å². The van der Waals surface area contributed by atoms with Gasteiger partial charge in [-0.3, -0.25) is 9.78 Å². The van der Waals surface area contributed by atoms with Gasteiger partial charge in [0.25, 0.3) is 0 Å². The number of piperidine rings is 1. The molecule has 1 aliphatic rings. The van der Waals surface area contributed by atoms with Crippen molar-refractivity contribution < 1.29 is 14.7 Å². The average molecular weight is 403 g/mol. The number of carboxylic acid groups (broad SMARTS) is 1. The van der Waals surface area contributed by atoms with Gasteiger partial charge in [-0.2, -0.15) is 0 Å². The zero-order valence-corrected chi connectivity index (χ0v) is 16.2. The lowest BCUT2D eigenvalue weighted by atomic mass is 9.94. The molecular weight excluding hydrogens is 380 g/mol. The Morgan fingerprint density at radius 2 is 1.79 bits per heavy atom. The Kier molecular flexibility index (Phi) is 6.71. The molecule has 2 heterocycles. The van der Waals surface area contributed by atoms with Crippen LogP contribution in [-0.4, -0.2) is 48.3 Å². The summed E-state index contributed by atoms with van der Waals surface area (Å²) in [6.07, 6.45) is 3.81. The predicted octanol–water partition coefficient (Wildman–Crippen LogP) is 3.00. The van der Waals surface area contributed by atoms with Gasteiger partial charge >= 0.3 is 6.09 Å². The van der Waals surface area contributed by atoms with Crippen LogP contribution in [0.2, 0.25) is 5.02 Å². The van der Waals surface area contributed by atoms with Crippen molar-refractivity contribution in [2.24, 2.45) is 5.92 Å². The Morgan fingerprint density at radius 3 is 2.46 bits per heavy atom. The monoisotopic (exact) mass is 402 g/mol. The van der Waals surface area contributed by atoms with Gasteiger partial charge in [0, 0.05) is 50.1 Å². The van der Waals surface area contributed by atoms with E-state index in [0.29, 0.717) is 24.4 Å². The molecule has 0 unspecified atom stereocenters. The zero-order chi connectivity index (χ0) is 19.9. The molecule has 7 nitrogen and oxygen atoms in total. The van der Waals surface area contributed by atoms with Crippen molar-refractivity contribution in [2.75, 3.05) is 31.1 Å². The molecule has 1 aromatic carbocycles. The molecule has 0 spiro atoms. The van der Waals surface area contributed by atoms with E-state index in [9.17, 15) is 9.59 Å². The summed E-state index contributed by atoms with van der Waals surface area (Å²) in [7, 11) is 0. The first-order chi connectivity index (χ1) is 13.6. The van der Waals surface area contributed by atoms with E-state index >= 15 is 0 Å². The number of carbonyl (C=O) groups is 2. The van der Waals surface area contributed by atoms with E-state index in [1.807, 2.05) is 36.5 Å². The molecule has 0 radical (unpaired) electrons. The third kappa shape index (κ3) is 4.92. The number of hydrogen-bond acceptors (Lipinski definition) is 4. The van der Waals surface area contributed by atoms with Crippen LogP contribution in [0, 0.1) is 5.92 Å². The maximum atomic E-state index is 12.3. The predicted molar refractivity (Wildman–Crippen MR) is 109 cm³/mol. The number of hydrogen-bond donors (Lipinski definition) is 3. The molecule has 8 heteroatoms. The molecule has 1 fully saturated rings. The number of pyridine rings is 1. The van der Waals surface area contributed by atoms with Crippen molar-refractivity contribution >= 4 is 29.3 Å². The summed E-state index contributed by atoms with van der Waals surface area (Å²) in [6.45, 7) is 1.93. The molecule has 0 bridgehead atoms. The third-order valence-electron chi connectivity index (χ3n) is 4.84. The highest BCUT2D eigenvalue weighted by molar-refractivity contribution is 6.33. The van der Waals surface area contributed by atoms with E-state index in [-0.39, 0.29) is 18.4 Å². The smallest absolute Gasteiger partial charge is 0.404 e. The standard InChI is InChI=1S/C20H23ClN4O3/c21-17-13-22-12-16(14-4-2-1-3-5-14)18(17)25-10-6-15(7-11-25)19(26)23-8-9-24-20(27)28/h1-5,12-13,15,24H,6-11H2,(H,23,26)(H,27,28). The van der Waals surface area contributed by atoms with Gasteiger partial charge in [0.05, 0.1) is 10.7 Å². The second-order valence-electron chi connectivity index (χ2n) is 6.67. The van der Waals surface area contributed by atoms with Gasteiger partial charge in [-0.25, -0.2) is 4.79 Å². The fourth-order valence-corrected chi connectivity index (χ4v) is 3.72. The first-order valence-corrected chi connectivity index (χ1v) is 9.62. The van der Waals surface area contributed by atoms with E-state index in [0.717, 1.165) is 29.9 Å². The molecule has 28 heavy (non-hydrogen) atoms. The summed E-state index contributed by atoms with van der Waals surface area (Å²) < 4.78 is 0. The van der Waals surface area contributed by atoms with Gasteiger partial charge in [0.2, 0.25) is 5.91 Å². The van der Waals surface area contributed by atoms with Crippen molar-refractivity contribution in [2.45, 2.75) is 12.8 Å². The maximum absolute atomic E-state index is 12.3. The summed E-state index contributed by atoms with van der Waals surface area (Å²) in [4.78, 5) is 29.2. The van der Waals surface area contributed by atoms with E-state index in [1.54, 1.807) is 6.20 Å². The van der Waals surface area contributed by atoms with Crippen LogP contribution in [0.3, 0.4) is 0 Å². The summed E-state index contributed by atoms with van der Waals surface area (Å²) in [5.41, 5.74) is 2.99.